The van der Waals surface area contributed by atoms with E-state index in [1.54, 1.807) is 0 Å². The summed E-state index contributed by atoms with van der Waals surface area (Å²) >= 11 is 0. The topological polar surface area (TPSA) is 12.0 Å². The summed E-state index contributed by atoms with van der Waals surface area (Å²) in [5, 5.41) is 3.63. The summed E-state index contributed by atoms with van der Waals surface area (Å²) in [5.74, 6) is 0. The zero-order chi connectivity index (χ0) is 10.2. The van der Waals surface area contributed by atoms with E-state index in [0.717, 1.165) is 6.54 Å². The van der Waals surface area contributed by atoms with Crippen LogP contribution in [0.3, 0.4) is 0 Å². The molecular formula is C13H19N. The van der Waals surface area contributed by atoms with Crippen LogP contribution >= 0.6 is 0 Å². The van der Waals surface area contributed by atoms with Crippen LogP contribution in [-0.4, -0.2) is 5.54 Å². The summed E-state index contributed by atoms with van der Waals surface area (Å²) in [6.07, 6.45) is 2.66. The molecule has 14 heavy (non-hydrogen) atoms. The highest BCUT2D eigenvalue weighted by Gasteiger charge is 2.36. The smallest absolute Gasteiger partial charge is 0.0215 e. The van der Waals surface area contributed by atoms with E-state index in [4.69, 9.17) is 0 Å². The second kappa shape index (κ2) is 3.39. The third kappa shape index (κ3) is 1.98. The van der Waals surface area contributed by atoms with E-state index in [1.807, 2.05) is 0 Å². The SMILES string of the molecule is Cc1cccc(C)c1CNC1(C)CC1. The van der Waals surface area contributed by atoms with Crippen molar-refractivity contribution in [1.29, 1.82) is 0 Å². The van der Waals surface area contributed by atoms with Gasteiger partial charge in [-0.2, -0.15) is 0 Å². The second-order valence-electron chi connectivity index (χ2n) is 4.78. The molecule has 0 atom stereocenters. The van der Waals surface area contributed by atoms with Crippen molar-refractivity contribution < 1.29 is 0 Å². The van der Waals surface area contributed by atoms with Gasteiger partial charge >= 0.3 is 0 Å². The minimum absolute atomic E-state index is 0.439. The molecular weight excluding hydrogens is 170 g/mol. The summed E-state index contributed by atoms with van der Waals surface area (Å²) in [5.41, 5.74) is 4.72. The summed E-state index contributed by atoms with van der Waals surface area (Å²) in [6.45, 7) is 7.72. The van der Waals surface area contributed by atoms with E-state index in [0.29, 0.717) is 5.54 Å². The molecule has 0 unspecified atom stereocenters. The van der Waals surface area contributed by atoms with Crippen LogP contribution in [0.1, 0.15) is 36.5 Å². The molecule has 0 aromatic heterocycles. The molecule has 0 heterocycles. The van der Waals surface area contributed by atoms with Crippen LogP contribution in [0.15, 0.2) is 18.2 Å². The van der Waals surface area contributed by atoms with Gasteiger partial charge in [-0.15, -0.1) is 0 Å². The van der Waals surface area contributed by atoms with Gasteiger partial charge in [0.05, 0.1) is 0 Å². The van der Waals surface area contributed by atoms with Crippen LogP contribution in [0.2, 0.25) is 0 Å². The molecule has 0 amide bonds. The molecule has 0 aliphatic heterocycles. The lowest BCUT2D eigenvalue weighted by molar-refractivity contribution is 0.535. The van der Waals surface area contributed by atoms with Gasteiger partial charge < -0.3 is 5.32 Å². The largest absolute Gasteiger partial charge is 0.307 e. The fraction of sp³-hybridized carbons (Fsp3) is 0.538. The van der Waals surface area contributed by atoms with Crippen molar-refractivity contribution in [2.75, 3.05) is 0 Å². The van der Waals surface area contributed by atoms with Crippen LogP contribution in [0.4, 0.5) is 0 Å². The molecule has 1 N–H and O–H groups in total. The Morgan fingerprint density at radius 3 is 2.29 bits per heavy atom. The minimum atomic E-state index is 0.439. The number of rotatable bonds is 3. The lowest BCUT2D eigenvalue weighted by atomic mass is 10.0. The third-order valence-corrected chi connectivity index (χ3v) is 3.34. The van der Waals surface area contributed by atoms with Crippen LogP contribution < -0.4 is 5.32 Å². The predicted molar refractivity (Wildman–Crippen MR) is 60.4 cm³/mol. The minimum Gasteiger partial charge on any atom is -0.307 e. The Balaban J connectivity index is 2.08. The molecule has 76 valence electrons. The van der Waals surface area contributed by atoms with Gasteiger partial charge in [0.25, 0.3) is 0 Å². The highest BCUT2D eigenvalue weighted by molar-refractivity contribution is 5.33. The van der Waals surface area contributed by atoms with E-state index < -0.39 is 0 Å². The Hall–Kier alpha value is -0.820. The van der Waals surface area contributed by atoms with Gasteiger partial charge in [0.2, 0.25) is 0 Å². The molecule has 0 radical (unpaired) electrons. The van der Waals surface area contributed by atoms with Crippen molar-refractivity contribution >= 4 is 0 Å². The highest BCUT2D eigenvalue weighted by Crippen LogP contribution is 2.34. The standard InChI is InChI=1S/C13H19N/c1-10-5-4-6-11(2)12(10)9-14-13(3)7-8-13/h4-6,14H,7-9H2,1-3H3. The number of hydrogen-bond acceptors (Lipinski definition) is 1. The van der Waals surface area contributed by atoms with E-state index in [1.165, 1.54) is 29.5 Å². The van der Waals surface area contributed by atoms with E-state index >= 15 is 0 Å². The fourth-order valence-electron chi connectivity index (χ4n) is 1.79. The molecule has 0 spiro atoms. The summed E-state index contributed by atoms with van der Waals surface area (Å²) < 4.78 is 0. The van der Waals surface area contributed by atoms with Crippen molar-refractivity contribution in [1.82, 2.24) is 5.32 Å². The first kappa shape index (κ1) is 9.72. The Morgan fingerprint density at radius 1 is 1.21 bits per heavy atom. The zero-order valence-corrected chi connectivity index (χ0v) is 9.35. The highest BCUT2D eigenvalue weighted by atomic mass is 15.0. The van der Waals surface area contributed by atoms with Gasteiger partial charge in [-0.05, 0) is 50.3 Å². The van der Waals surface area contributed by atoms with E-state index in [-0.39, 0.29) is 0 Å². The van der Waals surface area contributed by atoms with Crippen LogP contribution in [0, 0.1) is 13.8 Å². The lowest BCUT2D eigenvalue weighted by Gasteiger charge is -2.14. The quantitative estimate of drug-likeness (QED) is 0.771. The number of hydrogen-bond donors (Lipinski definition) is 1. The molecule has 1 aromatic rings. The molecule has 2 rings (SSSR count). The molecule has 1 saturated carbocycles. The number of nitrogens with one attached hydrogen (secondary N) is 1. The normalized spacial score (nSPS) is 18.2. The van der Waals surface area contributed by atoms with Crippen molar-refractivity contribution in [3.63, 3.8) is 0 Å². The molecule has 1 heteroatoms. The van der Waals surface area contributed by atoms with Crippen molar-refractivity contribution in [3.05, 3.63) is 34.9 Å². The molecule has 0 bridgehead atoms. The average Bonchev–Trinajstić information content (AvgIpc) is 2.83. The maximum Gasteiger partial charge on any atom is 0.0215 e. The Kier molecular flexibility index (Phi) is 2.36. The summed E-state index contributed by atoms with van der Waals surface area (Å²) in [7, 11) is 0. The van der Waals surface area contributed by atoms with E-state index in [2.05, 4.69) is 44.3 Å². The third-order valence-electron chi connectivity index (χ3n) is 3.34. The first-order valence-corrected chi connectivity index (χ1v) is 5.41. The van der Waals surface area contributed by atoms with Gasteiger partial charge in [0.1, 0.15) is 0 Å². The Labute approximate surface area is 86.5 Å². The van der Waals surface area contributed by atoms with Crippen molar-refractivity contribution in [3.8, 4) is 0 Å². The number of aryl methyl sites for hydroxylation is 2. The summed E-state index contributed by atoms with van der Waals surface area (Å²) in [4.78, 5) is 0. The van der Waals surface area contributed by atoms with E-state index in [9.17, 15) is 0 Å². The zero-order valence-electron chi connectivity index (χ0n) is 9.35. The van der Waals surface area contributed by atoms with Gasteiger partial charge in [-0.25, -0.2) is 0 Å². The van der Waals surface area contributed by atoms with Crippen LogP contribution in [0.5, 0.6) is 0 Å². The molecule has 1 aliphatic carbocycles. The van der Waals surface area contributed by atoms with Gasteiger partial charge in [0, 0.05) is 12.1 Å². The fourth-order valence-corrected chi connectivity index (χ4v) is 1.79. The Morgan fingerprint density at radius 2 is 1.79 bits per heavy atom. The predicted octanol–water partition coefficient (Wildman–Crippen LogP) is 2.95. The maximum atomic E-state index is 3.63. The van der Waals surface area contributed by atoms with Crippen molar-refractivity contribution in [2.24, 2.45) is 0 Å². The van der Waals surface area contributed by atoms with Crippen LogP contribution in [-0.2, 0) is 6.54 Å². The monoisotopic (exact) mass is 189 g/mol. The first-order valence-electron chi connectivity index (χ1n) is 5.41. The molecule has 1 fully saturated rings. The average molecular weight is 189 g/mol. The van der Waals surface area contributed by atoms with Gasteiger partial charge in [0.15, 0.2) is 0 Å². The maximum absolute atomic E-state index is 3.63. The molecule has 1 nitrogen and oxygen atoms in total. The first-order chi connectivity index (χ1) is 6.61. The second-order valence-corrected chi connectivity index (χ2v) is 4.78. The molecule has 0 saturated heterocycles. The molecule has 1 aliphatic rings. The lowest BCUT2D eigenvalue weighted by Crippen LogP contribution is -2.27. The number of benzene rings is 1. The molecule has 1 aromatic carbocycles. The van der Waals surface area contributed by atoms with Crippen LogP contribution in [0.25, 0.3) is 0 Å². The van der Waals surface area contributed by atoms with Gasteiger partial charge in [-0.1, -0.05) is 18.2 Å². The van der Waals surface area contributed by atoms with Gasteiger partial charge in [-0.3, -0.25) is 0 Å². The Bertz CT molecular complexity index is 317. The summed E-state index contributed by atoms with van der Waals surface area (Å²) in [6, 6.07) is 6.52. The van der Waals surface area contributed by atoms with Crippen molar-refractivity contribution in [2.45, 2.75) is 45.7 Å².